The Balaban J connectivity index is 0.984. The van der Waals surface area contributed by atoms with Crippen LogP contribution in [0.15, 0.2) is 127 Å². The first kappa shape index (κ1) is 105. The number of carbonyl (C=O) groups excluding carboxylic acids is 11. The summed E-state index contributed by atoms with van der Waals surface area (Å²) in [5.74, 6) is -22.7. The van der Waals surface area contributed by atoms with Crippen molar-refractivity contribution in [3.05, 3.63) is 176 Å². The van der Waals surface area contributed by atoms with Gasteiger partial charge in [0, 0.05) is 91.0 Å². The van der Waals surface area contributed by atoms with Crippen LogP contribution in [0.5, 0.6) is 46.0 Å². The summed E-state index contributed by atoms with van der Waals surface area (Å²) in [5.41, 5.74) is 9.55. The third kappa shape index (κ3) is 24.2. The first-order valence-electron chi connectivity index (χ1n) is 44.9. The molecule has 6 amide bonds. The Morgan fingerprint density at radius 2 is 1.29 bits per heavy atom. The monoisotopic (exact) mass is 2000 g/mol. The summed E-state index contributed by atoms with van der Waals surface area (Å²) >= 11 is 21.0. The van der Waals surface area contributed by atoms with Crippen LogP contribution in [0.1, 0.15) is 163 Å². The van der Waals surface area contributed by atoms with Crippen LogP contribution in [-0.4, -0.2) is 245 Å². The number of ketones is 2. The van der Waals surface area contributed by atoms with Crippen molar-refractivity contribution in [2.45, 2.75) is 233 Å². The number of Topliss-reactive ketones (excluding diaryl/α,β-unsaturated/α-hetero) is 2. The van der Waals surface area contributed by atoms with Gasteiger partial charge in [0.25, 0.3) is 0 Å². The van der Waals surface area contributed by atoms with Crippen molar-refractivity contribution in [1.82, 2.24) is 31.5 Å². The Bertz CT molecular complexity index is 5810. The van der Waals surface area contributed by atoms with Gasteiger partial charge in [-0.1, -0.05) is 103 Å². The Morgan fingerprint density at radius 3 is 1.91 bits per heavy atom. The number of phenols is 3. The van der Waals surface area contributed by atoms with Crippen LogP contribution in [0.4, 0.5) is 4.79 Å². The molecule has 3 saturated heterocycles. The van der Waals surface area contributed by atoms with E-state index in [1.807, 2.05) is 36.4 Å². The molecule has 3 fully saturated rings. The van der Waals surface area contributed by atoms with E-state index in [0.29, 0.717) is 17.6 Å². The number of fused-ring (bicyclic) bond motifs is 15. The lowest BCUT2D eigenvalue weighted by Crippen LogP contribution is -2.65. The van der Waals surface area contributed by atoms with E-state index in [1.54, 1.807) is 39.8 Å². The standard InChI is InChI=1S/C97H109Cl3N8O32/c1-43(2)25-62(108(7)95(130)132-42-131-73(118)10-8-9-47(39-109)40-110)91(126)106-79-65(115)29-54(32-72(101)117)89(124)104-77-53-30-69(135-67-23-18-51(81(79)119)27-60(67)99)85(140-94-86(83(121)82(120)71(41-111)137-94)139-75-37-97(6,88(123)45(4)134-75)103-38-46-11-13-48(14-12-46)49-15-20-55(98)21-16-49)70(31-53)136-68-24-19-52(28-61(68)100)84(138-74-36-96(5,102)87(122)44(3)133-74)80-92(127)105-78(93(128)129)59-33-56(112)34-64(114)76(59)58-26-50(17-22-63(58)113)57(35-66(77)116)90(125)107-80/h11-24,26-28,30-31,33-34,39-40,43-45,47,54,57,62,71,74-75,77-84,86-88,94,103,111-114,119-123H,8-10,25,29,32,35-38,41-42,102H2,1-7H3,(H2,101,117)(H,104,124)(H,105,127)(H,106,126)(H,107,125)(H,128,129)/t44?,45?,54?,57?,62?,71?,74-,75?,77?,78?,79?,80-,81?,82?,83?,84+,86?,87?,88?,94?,96?,97?/m1/s1. The maximum atomic E-state index is 16.9. The van der Waals surface area contributed by atoms with E-state index in [9.17, 15) is 79.8 Å². The summed E-state index contributed by atoms with van der Waals surface area (Å²) in [6.07, 6.45) is -27.0. The van der Waals surface area contributed by atoms with E-state index in [0.717, 1.165) is 83.2 Å². The predicted molar refractivity (Wildman–Crippen MR) is 494 cm³/mol. The number of carboxylic acid groups (broad SMARTS) is 1. The van der Waals surface area contributed by atoms with E-state index in [2.05, 4.69) is 26.6 Å². The zero-order valence-corrected chi connectivity index (χ0v) is 78.9. The number of halogens is 3. The Kier molecular flexibility index (Phi) is 33.7. The van der Waals surface area contributed by atoms with Crippen molar-refractivity contribution in [3.63, 3.8) is 0 Å². The van der Waals surface area contributed by atoms with Crippen LogP contribution in [0.2, 0.25) is 15.1 Å². The SMILES string of the molecule is CC(C)CC(C(=O)NC1C(=O)CC(CC(N)=O)C(=O)NC2C(=O)CC3C(=O)N[C@@H](C(=O)NC(C(=O)O)c4cc(O)cc(O)c4-c4cc3ccc4O)[C@@H](O[C@@H]3CC(C)(N)C(O)C(C)O3)c3ccc(c(Cl)c3)Oc3cc2cc(c3OC2OC(CO)C(O)C(O)C2OC2CC(C)(NCc3ccc(-c4ccc(Cl)cc4)cc3)C(O)C(C)O2)Oc2ccc(cc2Cl)C1O)N(C)C(=O)OCOC(=O)CCCC(C=O)C=O. The van der Waals surface area contributed by atoms with Gasteiger partial charge in [-0.2, -0.15) is 0 Å². The number of hydrogen-bond donors (Lipinski definition) is 17. The number of aldehydes is 2. The predicted octanol–water partition coefficient (Wildman–Crippen LogP) is 7.01. The van der Waals surface area contributed by atoms with Gasteiger partial charge < -0.3 is 146 Å². The summed E-state index contributed by atoms with van der Waals surface area (Å²) in [5, 5.41) is 131. The van der Waals surface area contributed by atoms with Crippen molar-refractivity contribution in [1.29, 1.82) is 0 Å². The molecule has 22 atom stereocenters. The number of benzene rings is 7. The minimum absolute atomic E-state index is 0.0174. The number of phenolic OH excluding ortho intramolecular Hbond substituents is 3. The molecule has 11 bridgehead atoms. The molecular weight excluding hydrogens is 1900 g/mol. The van der Waals surface area contributed by atoms with Gasteiger partial charge in [-0.3, -0.25) is 43.3 Å². The maximum absolute atomic E-state index is 16.9. The topological polar surface area (TPSA) is 615 Å². The number of hydrogen-bond acceptors (Lipinski definition) is 33. The number of aliphatic carboxylic acids is 1. The Labute approximate surface area is 816 Å². The molecule has 43 heteroatoms. The quantitative estimate of drug-likeness (QED) is 0.0107. The molecule has 140 heavy (non-hydrogen) atoms. The molecule has 19 unspecified atom stereocenters. The molecule has 15 rings (SSSR count). The van der Waals surface area contributed by atoms with Crippen LogP contribution in [0, 0.1) is 17.8 Å². The molecule has 0 aliphatic carbocycles. The number of esters is 1. The second-order valence-electron chi connectivity index (χ2n) is 36.5. The fourth-order valence-electron chi connectivity index (χ4n) is 17.8. The number of aliphatic hydroxyl groups excluding tert-OH is 6. The number of aliphatic hydroxyl groups is 6. The van der Waals surface area contributed by atoms with Crippen LogP contribution < -0.4 is 52.3 Å². The number of nitrogens with two attached hydrogens (primary N) is 2. The summed E-state index contributed by atoms with van der Waals surface area (Å²) in [6.45, 7) is 7.63. The largest absolute Gasteiger partial charge is 0.508 e. The number of nitrogens with one attached hydrogen (secondary N) is 5. The number of primary amides is 1. The lowest BCUT2D eigenvalue weighted by Gasteiger charge is -2.48. The molecule has 0 saturated carbocycles. The van der Waals surface area contributed by atoms with Gasteiger partial charge >= 0.3 is 18.0 Å². The molecule has 8 aliphatic rings. The zero-order valence-electron chi connectivity index (χ0n) is 76.7. The highest BCUT2D eigenvalue weighted by Crippen LogP contribution is 2.52. The van der Waals surface area contributed by atoms with Gasteiger partial charge in [0.05, 0.1) is 58.8 Å². The average molecular weight is 2010 g/mol. The molecule has 7 aromatic rings. The number of rotatable bonds is 27. The molecule has 19 N–H and O–H groups in total. The number of carbonyl (C=O) groups is 12. The first-order valence-corrected chi connectivity index (χ1v) is 46.1. The molecule has 750 valence electrons. The Morgan fingerprint density at radius 1 is 0.671 bits per heavy atom. The van der Waals surface area contributed by atoms with Crippen molar-refractivity contribution in [3.8, 4) is 68.2 Å². The van der Waals surface area contributed by atoms with Gasteiger partial charge in [-0.15, -0.1) is 0 Å². The average Bonchev–Trinajstić information content (AvgIpc) is 0.760. The number of ether oxygens (including phenoxy) is 10. The molecule has 40 nitrogen and oxygen atoms in total. The summed E-state index contributed by atoms with van der Waals surface area (Å²) in [6, 6.07) is 18.0. The maximum Gasteiger partial charge on any atom is 0.413 e. The molecule has 7 aromatic carbocycles. The van der Waals surface area contributed by atoms with Crippen LogP contribution >= 0.6 is 34.8 Å². The fraction of sp³-hybridized carbons (Fsp3) is 0.443. The van der Waals surface area contributed by atoms with E-state index >= 15 is 28.8 Å². The minimum Gasteiger partial charge on any atom is -0.508 e. The first-order chi connectivity index (χ1) is 66.3. The van der Waals surface area contributed by atoms with Crippen LogP contribution in [0.25, 0.3) is 22.3 Å². The van der Waals surface area contributed by atoms with Gasteiger partial charge in [0.1, 0.15) is 96.0 Å². The van der Waals surface area contributed by atoms with Crippen LogP contribution in [-0.2, 0) is 92.4 Å². The summed E-state index contributed by atoms with van der Waals surface area (Å²) in [7, 11) is 1.12. The van der Waals surface area contributed by atoms with E-state index < -0.39 is 315 Å². The molecule has 8 heterocycles. The lowest BCUT2D eigenvalue weighted by molar-refractivity contribution is -0.334. The van der Waals surface area contributed by atoms with Crippen molar-refractivity contribution >= 4 is 107 Å². The molecule has 8 aliphatic heterocycles. The van der Waals surface area contributed by atoms with Crippen molar-refractivity contribution in [2.24, 2.45) is 29.2 Å². The van der Waals surface area contributed by atoms with Crippen molar-refractivity contribution in [2.75, 3.05) is 20.4 Å². The fourth-order valence-corrected chi connectivity index (χ4v) is 18.4. The second kappa shape index (κ2) is 44.8. The molecular formula is C97H109Cl3N8O32. The molecule has 0 spiro atoms. The summed E-state index contributed by atoms with van der Waals surface area (Å²) < 4.78 is 63.4. The summed E-state index contributed by atoms with van der Waals surface area (Å²) in [4.78, 5) is 173. The highest BCUT2D eigenvalue weighted by Gasteiger charge is 2.54. The second-order valence-corrected chi connectivity index (χ2v) is 37.7. The zero-order chi connectivity index (χ0) is 102. The van der Waals surface area contributed by atoms with Gasteiger partial charge in [0.2, 0.25) is 48.4 Å². The van der Waals surface area contributed by atoms with Crippen LogP contribution in [0.3, 0.4) is 0 Å². The third-order valence-electron chi connectivity index (χ3n) is 25.6. The third-order valence-corrected chi connectivity index (χ3v) is 26.4. The smallest absolute Gasteiger partial charge is 0.413 e. The number of nitrogens with zero attached hydrogens (tertiary/aromatic N) is 1. The highest BCUT2D eigenvalue weighted by molar-refractivity contribution is 6.32. The highest BCUT2D eigenvalue weighted by atomic mass is 35.5. The van der Waals surface area contributed by atoms with Gasteiger partial charge in [0.15, 0.2) is 47.8 Å². The normalized spacial score (nSPS) is 27.8. The van der Waals surface area contributed by atoms with E-state index in [4.69, 9.17) is 93.6 Å². The number of amides is 6. The lowest BCUT2D eigenvalue weighted by atomic mass is 9.84. The Hall–Kier alpha value is -12.1. The van der Waals surface area contributed by atoms with Crippen molar-refractivity contribution < 1.29 is 156 Å². The van der Waals surface area contributed by atoms with Gasteiger partial charge in [-0.05, 0) is 159 Å². The minimum atomic E-state index is -2.35. The van der Waals surface area contributed by atoms with E-state index in [-0.39, 0.29) is 61.8 Å². The number of aromatic hydroxyl groups is 3. The molecule has 0 radical (unpaired) electrons. The number of carboxylic acids is 1. The van der Waals surface area contributed by atoms with Gasteiger partial charge in [-0.25, -0.2) is 9.59 Å². The molecule has 0 aromatic heterocycles. The number of likely N-dealkylation sites (N-methyl/N-ethyl adjacent to an activating group) is 1. The van der Waals surface area contributed by atoms with E-state index in [1.165, 1.54) is 38.1 Å².